The quantitative estimate of drug-likeness (QED) is 0.0232. The SMILES string of the molecule is CCCCCCSc1ccc(C#Cc2c(C#Cc3ccc(SCCCCCC)cc3)c(C#Cc3ccc(SCCCCCC)cc3)c(OCCCCCCCCCCCO)c(C#Cc3ccc(SCCCCCC)cc3)c2C#Cc2ccc(SCCCCCC)cc2)cc1. The number of rotatable bonds is 42. The van der Waals surface area contributed by atoms with Gasteiger partial charge in [-0.05, 0) is 195 Å². The lowest BCUT2D eigenvalue weighted by molar-refractivity contribution is 0.282. The molecule has 0 unspecified atom stereocenters. The molecule has 2 nitrogen and oxygen atoms in total. The predicted molar refractivity (Wildman–Crippen MR) is 417 cm³/mol. The zero-order chi connectivity index (χ0) is 66.1. The molecule has 0 aromatic heterocycles. The molecule has 0 aliphatic rings. The molecule has 0 saturated heterocycles. The Balaban J connectivity index is 1.60. The maximum absolute atomic E-state index is 9.32. The lowest BCUT2D eigenvalue weighted by Crippen LogP contribution is -2.08. The number of unbranched alkanes of at least 4 members (excludes halogenated alkanes) is 23. The maximum Gasteiger partial charge on any atom is 0.153 e. The van der Waals surface area contributed by atoms with E-state index < -0.39 is 0 Å². The van der Waals surface area contributed by atoms with Crippen molar-refractivity contribution in [2.24, 2.45) is 0 Å². The standard InChI is InChI=1S/C87H108O2S5/c1-6-11-16-30-67-90-77-50-35-72(36-51-77)45-60-82-83(61-46-73-37-52-78(53-38-73)91-68-31-17-12-7-2)85(63-48-75-41-56-80(57-42-75)93-70-33-19-14-9-4)87(89-66-29-27-25-23-21-22-24-26-28-65-88)86(64-49-76-43-58-81(59-44-76)94-71-34-20-15-10-5)84(82)62-47-74-39-54-79(55-40-74)92-69-32-18-13-8-3/h35-44,50-59,88H,6-34,65-71H2,1-5H3. The zero-order valence-electron chi connectivity index (χ0n) is 57.9. The fraction of sp³-hybridized carbons (Fsp3) is 0.471. The topological polar surface area (TPSA) is 29.5 Å². The number of benzene rings is 6. The molecular weight excluding hydrogens is 1240 g/mol. The fourth-order valence-electron chi connectivity index (χ4n) is 10.6. The summed E-state index contributed by atoms with van der Waals surface area (Å²) < 4.78 is 7.30. The van der Waals surface area contributed by atoms with E-state index in [1.807, 2.05) is 58.8 Å². The van der Waals surface area contributed by atoms with Crippen LogP contribution in [0.5, 0.6) is 5.75 Å². The molecule has 0 bridgehead atoms. The highest BCUT2D eigenvalue weighted by molar-refractivity contribution is 8.00. The van der Waals surface area contributed by atoms with Crippen LogP contribution in [0.25, 0.3) is 0 Å². The Kier molecular flexibility index (Phi) is 41.3. The van der Waals surface area contributed by atoms with Gasteiger partial charge in [0.25, 0.3) is 0 Å². The lowest BCUT2D eigenvalue weighted by atomic mass is 9.89. The van der Waals surface area contributed by atoms with Gasteiger partial charge < -0.3 is 9.84 Å². The largest absolute Gasteiger partial charge is 0.491 e. The van der Waals surface area contributed by atoms with Crippen molar-refractivity contribution >= 4 is 58.8 Å². The van der Waals surface area contributed by atoms with Gasteiger partial charge in [0.2, 0.25) is 0 Å². The predicted octanol–water partition coefficient (Wildman–Crippen LogP) is 24.9. The van der Waals surface area contributed by atoms with Crippen molar-refractivity contribution in [3.63, 3.8) is 0 Å². The third-order valence-corrected chi connectivity index (χ3v) is 21.8. The van der Waals surface area contributed by atoms with Gasteiger partial charge in [0.15, 0.2) is 5.75 Å². The van der Waals surface area contributed by atoms with Gasteiger partial charge in [0.1, 0.15) is 0 Å². The Bertz CT molecular complexity index is 3200. The second kappa shape index (κ2) is 50.0. The molecule has 0 amide bonds. The van der Waals surface area contributed by atoms with E-state index in [0.717, 1.165) is 88.7 Å². The number of hydrogen-bond acceptors (Lipinski definition) is 7. The van der Waals surface area contributed by atoms with Crippen LogP contribution < -0.4 is 4.74 Å². The summed E-state index contributed by atoms with van der Waals surface area (Å²) in [6.07, 6.45) is 34.8. The summed E-state index contributed by atoms with van der Waals surface area (Å²) in [5.41, 5.74) is 7.99. The van der Waals surface area contributed by atoms with Gasteiger partial charge in [-0.2, -0.15) is 0 Å². The van der Waals surface area contributed by atoms with Crippen molar-refractivity contribution in [2.45, 2.75) is 245 Å². The van der Waals surface area contributed by atoms with Gasteiger partial charge in [-0.1, -0.05) is 235 Å². The maximum atomic E-state index is 9.32. The first-order valence-electron chi connectivity index (χ1n) is 36.2. The Labute approximate surface area is 593 Å². The summed E-state index contributed by atoms with van der Waals surface area (Å²) in [6.45, 7) is 12.1. The van der Waals surface area contributed by atoms with E-state index >= 15 is 0 Å². The average molecular weight is 1350 g/mol. The van der Waals surface area contributed by atoms with E-state index in [0.29, 0.717) is 40.2 Å². The number of thioether (sulfide) groups is 5. The monoisotopic (exact) mass is 1340 g/mol. The average Bonchev–Trinajstić information content (AvgIpc) is 0.767. The first-order chi connectivity index (χ1) is 46.4. The minimum atomic E-state index is 0.280. The van der Waals surface area contributed by atoms with Crippen LogP contribution in [0.3, 0.4) is 0 Å². The van der Waals surface area contributed by atoms with Crippen molar-refractivity contribution in [1.29, 1.82) is 0 Å². The molecule has 7 heteroatoms. The van der Waals surface area contributed by atoms with E-state index in [9.17, 15) is 5.11 Å². The second-order valence-corrected chi connectivity index (χ2v) is 30.2. The third-order valence-electron chi connectivity index (χ3n) is 16.3. The van der Waals surface area contributed by atoms with Crippen LogP contribution in [0.2, 0.25) is 0 Å². The van der Waals surface area contributed by atoms with Crippen molar-refractivity contribution in [3.8, 4) is 65.0 Å². The lowest BCUT2D eigenvalue weighted by Gasteiger charge is -2.17. The van der Waals surface area contributed by atoms with Crippen LogP contribution in [0.1, 0.15) is 276 Å². The van der Waals surface area contributed by atoms with Gasteiger partial charge in [-0.15, -0.1) is 58.8 Å². The van der Waals surface area contributed by atoms with Gasteiger partial charge in [-0.25, -0.2) is 0 Å². The van der Waals surface area contributed by atoms with Crippen molar-refractivity contribution in [3.05, 3.63) is 177 Å². The van der Waals surface area contributed by atoms with E-state index in [1.54, 1.807) is 0 Å². The molecule has 1 N–H and O–H groups in total. The summed E-state index contributed by atoms with van der Waals surface area (Å²) in [4.78, 5) is 6.28. The van der Waals surface area contributed by atoms with Gasteiger partial charge in [0.05, 0.1) is 34.4 Å². The molecule has 6 aromatic carbocycles. The highest BCUT2D eigenvalue weighted by Gasteiger charge is 2.23. The molecule has 6 rings (SSSR count). The summed E-state index contributed by atoms with van der Waals surface area (Å²) in [5, 5.41) is 9.32. The Morgan fingerprint density at radius 2 is 0.457 bits per heavy atom. The number of hydrogen-bond donors (Lipinski definition) is 1. The number of aliphatic hydroxyl groups excluding tert-OH is 1. The number of aliphatic hydroxyl groups is 1. The molecule has 6 aromatic rings. The minimum absolute atomic E-state index is 0.280. The minimum Gasteiger partial charge on any atom is -0.491 e. The summed E-state index contributed by atoms with van der Waals surface area (Å²) >= 11 is 9.61. The van der Waals surface area contributed by atoms with Gasteiger partial charge >= 0.3 is 0 Å². The third kappa shape index (κ3) is 31.7. The van der Waals surface area contributed by atoms with Crippen LogP contribution in [0.4, 0.5) is 0 Å². The molecule has 0 aliphatic heterocycles. The van der Waals surface area contributed by atoms with Crippen molar-refractivity contribution < 1.29 is 9.84 Å². The Hall–Kier alpha value is -5.37. The molecule has 0 aliphatic carbocycles. The van der Waals surface area contributed by atoms with Gasteiger partial charge in [0, 0.05) is 58.9 Å². The van der Waals surface area contributed by atoms with Crippen LogP contribution in [-0.2, 0) is 0 Å². The summed E-state index contributed by atoms with van der Waals surface area (Å²) in [6, 6.07) is 43.7. The highest BCUT2D eigenvalue weighted by Crippen LogP contribution is 2.35. The molecule has 0 heterocycles. The first-order valence-corrected chi connectivity index (χ1v) is 41.1. The normalized spacial score (nSPS) is 10.7. The summed E-state index contributed by atoms with van der Waals surface area (Å²) in [7, 11) is 0. The number of ether oxygens (including phenoxy) is 1. The second-order valence-electron chi connectivity index (χ2n) is 24.4. The van der Waals surface area contributed by atoms with Crippen molar-refractivity contribution in [1.82, 2.24) is 0 Å². The van der Waals surface area contributed by atoms with E-state index in [2.05, 4.69) is 215 Å². The molecular formula is C87H108O2S5. The molecule has 0 fully saturated rings. The Morgan fingerprint density at radius 3 is 0.702 bits per heavy atom. The molecule has 0 saturated carbocycles. The van der Waals surface area contributed by atoms with E-state index in [-0.39, 0.29) is 6.61 Å². The molecule has 0 spiro atoms. The van der Waals surface area contributed by atoms with Crippen LogP contribution >= 0.6 is 58.8 Å². The Morgan fingerprint density at radius 1 is 0.245 bits per heavy atom. The first kappa shape index (κ1) is 77.6. The fourth-order valence-corrected chi connectivity index (χ4v) is 15.1. The molecule has 0 atom stereocenters. The smallest absolute Gasteiger partial charge is 0.153 e. The zero-order valence-corrected chi connectivity index (χ0v) is 62.0. The van der Waals surface area contributed by atoms with Gasteiger partial charge in [-0.3, -0.25) is 0 Å². The van der Waals surface area contributed by atoms with E-state index in [4.69, 9.17) is 4.74 Å². The molecule has 94 heavy (non-hydrogen) atoms. The summed E-state index contributed by atoms with van der Waals surface area (Å²) in [5.74, 6) is 43.2. The molecule has 498 valence electrons. The van der Waals surface area contributed by atoms with Crippen LogP contribution in [-0.4, -0.2) is 47.1 Å². The molecule has 0 radical (unpaired) electrons. The van der Waals surface area contributed by atoms with Crippen molar-refractivity contribution in [2.75, 3.05) is 42.0 Å². The van der Waals surface area contributed by atoms with E-state index in [1.165, 1.54) is 179 Å². The van der Waals surface area contributed by atoms with Crippen LogP contribution in [0, 0.1) is 59.2 Å². The highest BCUT2D eigenvalue weighted by atomic mass is 32.2. The van der Waals surface area contributed by atoms with Crippen LogP contribution in [0.15, 0.2) is 146 Å².